The molecule has 2 N–H and O–H groups in total. The third-order valence-corrected chi connectivity index (χ3v) is 1.88. The van der Waals surface area contributed by atoms with Crippen molar-refractivity contribution in [2.24, 2.45) is 5.73 Å². The summed E-state index contributed by atoms with van der Waals surface area (Å²) in [4.78, 5) is 0. The molecule has 0 heterocycles. The summed E-state index contributed by atoms with van der Waals surface area (Å²) in [5.74, 6) is 0. The Labute approximate surface area is 67.3 Å². The van der Waals surface area contributed by atoms with E-state index in [-0.39, 0.29) is 0 Å². The van der Waals surface area contributed by atoms with Crippen LogP contribution in [0, 0.1) is 0 Å². The predicted octanol–water partition coefficient (Wildman–Crippen LogP) is 1.88. The van der Waals surface area contributed by atoms with E-state index in [0.717, 1.165) is 23.5 Å². The lowest BCUT2D eigenvalue weighted by molar-refractivity contribution is 0.643. The van der Waals surface area contributed by atoms with Crippen LogP contribution in [0.5, 0.6) is 0 Å². The SMILES string of the molecule is NC(CCBr)CCBr. The standard InChI is InChI=1S/C5H11Br2N/c6-3-1-5(8)2-4-7/h5H,1-4,8H2. The van der Waals surface area contributed by atoms with Crippen LogP contribution in [0.15, 0.2) is 0 Å². The molecule has 0 unspecified atom stereocenters. The lowest BCUT2D eigenvalue weighted by atomic mass is 10.2. The van der Waals surface area contributed by atoms with Crippen molar-refractivity contribution in [1.29, 1.82) is 0 Å². The van der Waals surface area contributed by atoms with Gasteiger partial charge >= 0.3 is 0 Å². The number of halogens is 2. The smallest absolute Gasteiger partial charge is 0.00547 e. The molecule has 0 saturated carbocycles. The fraction of sp³-hybridized carbons (Fsp3) is 1.00. The first-order chi connectivity index (χ1) is 3.81. The molecule has 0 amide bonds. The molecule has 0 atom stereocenters. The number of alkyl halides is 2. The molecule has 0 bridgehead atoms. The van der Waals surface area contributed by atoms with Gasteiger partial charge in [-0.2, -0.15) is 0 Å². The van der Waals surface area contributed by atoms with Crippen LogP contribution in [-0.4, -0.2) is 16.7 Å². The third-order valence-electron chi connectivity index (χ3n) is 0.960. The molecular formula is C5H11Br2N. The van der Waals surface area contributed by atoms with E-state index in [0.29, 0.717) is 6.04 Å². The second kappa shape index (κ2) is 6.05. The van der Waals surface area contributed by atoms with Crippen molar-refractivity contribution in [3.05, 3.63) is 0 Å². The zero-order valence-corrected chi connectivity index (χ0v) is 7.91. The Morgan fingerprint density at radius 2 is 1.50 bits per heavy atom. The molecule has 0 aromatic carbocycles. The molecule has 0 rings (SSSR count). The molecule has 8 heavy (non-hydrogen) atoms. The van der Waals surface area contributed by atoms with Crippen LogP contribution >= 0.6 is 31.9 Å². The van der Waals surface area contributed by atoms with Gasteiger partial charge in [-0.1, -0.05) is 31.9 Å². The Morgan fingerprint density at radius 3 is 1.75 bits per heavy atom. The molecule has 1 nitrogen and oxygen atoms in total. The van der Waals surface area contributed by atoms with E-state index in [1.165, 1.54) is 0 Å². The maximum absolute atomic E-state index is 5.63. The first kappa shape index (κ1) is 8.92. The molecular weight excluding hydrogens is 234 g/mol. The second-order valence-electron chi connectivity index (χ2n) is 1.72. The largest absolute Gasteiger partial charge is 0.328 e. The minimum Gasteiger partial charge on any atom is -0.328 e. The maximum Gasteiger partial charge on any atom is 0.00547 e. The average Bonchev–Trinajstić information content (AvgIpc) is 1.68. The van der Waals surface area contributed by atoms with Crippen molar-refractivity contribution in [3.63, 3.8) is 0 Å². The van der Waals surface area contributed by atoms with Crippen LogP contribution in [0.4, 0.5) is 0 Å². The lowest BCUT2D eigenvalue weighted by Crippen LogP contribution is -2.20. The average molecular weight is 245 g/mol. The van der Waals surface area contributed by atoms with Crippen LogP contribution < -0.4 is 5.73 Å². The van der Waals surface area contributed by atoms with Gasteiger partial charge in [0.25, 0.3) is 0 Å². The van der Waals surface area contributed by atoms with E-state index in [2.05, 4.69) is 31.9 Å². The minimum atomic E-state index is 0.369. The van der Waals surface area contributed by atoms with Crippen molar-refractivity contribution >= 4 is 31.9 Å². The molecule has 3 heteroatoms. The molecule has 0 aliphatic rings. The fourth-order valence-corrected chi connectivity index (χ4v) is 1.60. The highest BCUT2D eigenvalue weighted by atomic mass is 79.9. The van der Waals surface area contributed by atoms with Gasteiger partial charge in [0.15, 0.2) is 0 Å². The number of hydrogen-bond donors (Lipinski definition) is 1. The van der Waals surface area contributed by atoms with Crippen molar-refractivity contribution in [3.8, 4) is 0 Å². The van der Waals surface area contributed by atoms with Gasteiger partial charge in [0.1, 0.15) is 0 Å². The van der Waals surface area contributed by atoms with Crippen molar-refractivity contribution in [2.45, 2.75) is 18.9 Å². The van der Waals surface area contributed by atoms with Gasteiger partial charge in [0.2, 0.25) is 0 Å². The Kier molecular flexibility index (Phi) is 6.74. The molecule has 0 aliphatic carbocycles. The highest BCUT2D eigenvalue weighted by molar-refractivity contribution is 9.09. The Bertz CT molecular complexity index is 43.7. The number of nitrogens with two attached hydrogens (primary N) is 1. The van der Waals surface area contributed by atoms with Crippen molar-refractivity contribution in [1.82, 2.24) is 0 Å². The summed E-state index contributed by atoms with van der Waals surface area (Å²) in [7, 11) is 0. The van der Waals surface area contributed by atoms with Crippen LogP contribution in [0.2, 0.25) is 0 Å². The zero-order chi connectivity index (χ0) is 6.41. The van der Waals surface area contributed by atoms with Gasteiger partial charge in [-0.05, 0) is 12.8 Å². The molecule has 0 aromatic heterocycles. The summed E-state index contributed by atoms with van der Waals surface area (Å²) in [6, 6.07) is 0.369. The Balaban J connectivity index is 2.92. The topological polar surface area (TPSA) is 26.0 Å². The zero-order valence-electron chi connectivity index (χ0n) is 4.74. The molecule has 0 aromatic rings. The van der Waals surface area contributed by atoms with Crippen LogP contribution in [0.25, 0.3) is 0 Å². The Hall–Kier alpha value is 0.920. The van der Waals surface area contributed by atoms with Crippen LogP contribution in [-0.2, 0) is 0 Å². The van der Waals surface area contributed by atoms with Gasteiger partial charge in [0, 0.05) is 16.7 Å². The molecule has 0 saturated heterocycles. The molecule has 0 fully saturated rings. The summed E-state index contributed by atoms with van der Waals surface area (Å²) in [6.07, 6.45) is 2.15. The van der Waals surface area contributed by atoms with Gasteiger partial charge < -0.3 is 5.73 Å². The van der Waals surface area contributed by atoms with E-state index >= 15 is 0 Å². The highest BCUT2D eigenvalue weighted by Gasteiger charge is 1.97. The molecule has 0 aliphatic heterocycles. The van der Waals surface area contributed by atoms with Crippen LogP contribution in [0.1, 0.15) is 12.8 Å². The van der Waals surface area contributed by atoms with E-state index in [4.69, 9.17) is 5.73 Å². The summed E-state index contributed by atoms with van der Waals surface area (Å²) in [5, 5.41) is 2.03. The molecule has 0 radical (unpaired) electrons. The molecule has 0 spiro atoms. The van der Waals surface area contributed by atoms with E-state index in [1.807, 2.05) is 0 Å². The monoisotopic (exact) mass is 243 g/mol. The van der Waals surface area contributed by atoms with Crippen molar-refractivity contribution < 1.29 is 0 Å². The third kappa shape index (κ3) is 5.06. The summed E-state index contributed by atoms with van der Waals surface area (Å²) in [6.45, 7) is 0. The Morgan fingerprint density at radius 1 is 1.12 bits per heavy atom. The number of rotatable bonds is 4. The van der Waals surface area contributed by atoms with E-state index in [9.17, 15) is 0 Å². The fourth-order valence-electron chi connectivity index (χ4n) is 0.425. The first-order valence-corrected chi connectivity index (χ1v) is 4.93. The summed E-state index contributed by atoms with van der Waals surface area (Å²) < 4.78 is 0. The van der Waals surface area contributed by atoms with E-state index < -0.39 is 0 Å². The highest BCUT2D eigenvalue weighted by Crippen LogP contribution is 1.99. The minimum absolute atomic E-state index is 0.369. The second-order valence-corrected chi connectivity index (χ2v) is 3.30. The lowest BCUT2D eigenvalue weighted by Gasteiger charge is -2.04. The van der Waals surface area contributed by atoms with Gasteiger partial charge in [-0.3, -0.25) is 0 Å². The first-order valence-electron chi connectivity index (χ1n) is 2.68. The van der Waals surface area contributed by atoms with Crippen molar-refractivity contribution in [2.75, 3.05) is 10.7 Å². The molecule has 50 valence electrons. The van der Waals surface area contributed by atoms with Crippen LogP contribution in [0.3, 0.4) is 0 Å². The normalized spacial score (nSPS) is 10.5. The van der Waals surface area contributed by atoms with Gasteiger partial charge in [-0.15, -0.1) is 0 Å². The summed E-state index contributed by atoms with van der Waals surface area (Å²) >= 11 is 6.65. The summed E-state index contributed by atoms with van der Waals surface area (Å²) in [5.41, 5.74) is 5.63. The maximum atomic E-state index is 5.63. The van der Waals surface area contributed by atoms with E-state index in [1.54, 1.807) is 0 Å². The predicted molar refractivity (Wildman–Crippen MR) is 44.8 cm³/mol. The van der Waals surface area contributed by atoms with Gasteiger partial charge in [-0.25, -0.2) is 0 Å². The van der Waals surface area contributed by atoms with Gasteiger partial charge in [0.05, 0.1) is 0 Å². The number of hydrogen-bond acceptors (Lipinski definition) is 1. The quantitative estimate of drug-likeness (QED) is 0.752.